The monoisotopic (exact) mass is 427 g/mol. The van der Waals surface area contributed by atoms with E-state index in [4.69, 9.17) is 23.7 Å². The molecule has 0 saturated heterocycles. The Morgan fingerprint density at radius 3 is 2.10 bits per heavy atom. The van der Waals surface area contributed by atoms with Crippen molar-refractivity contribution in [2.45, 2.75) is 12.2 Å². The van der Waals surface area contributed by atoms with Crippen LogP contribution in [0.5, 0.6) is 28.7 Å². The van der Waals surface area contributed by atoms with Gasteiger partial charge in [0.1, 0.15) is 13.2 Å². The molecule has 1 amide bonds. The molecule has 10 heteroatoms. The van der Waals surface area contributed by atoms with Crippen LogP contribution in [0.4, 0.5) is 13.2 Å². The van der Waals surface area contributed by atoms with Gasteiger partial charge in [-0.2, -0.15) is 13.2 Å². The smallest absolute Gasteiger partial charge is 0.412 e. The topological polar surface area (TPSA) is 75.3 Å². The third-order valence-corrected chi connectivity index (χ3v) is 4.43. The van der Waals surface area contributed by atoms with Crippen molar-refractivity contribution in [3.05, 3.63) is 41.5 Å². The molecule has 3 rings (SSSR count). The third kappa shape index (κ3) is 4.32. The maximum Gasteiger partial charge on any atom is 0.412 e. The molecule has 2 aromatic carbocycles. The van der Waals surface area contributed by atoms with Crippen LogP contribution in [0.2, 0.25) is 0 Å². The van der Waals surface area contributed by atoms with Crippen LogP contribution in [0.15, 0.2) is 30.3 Å². The summed E-state index contributed by atoms with van der Waals surface area (Å²) >= 11 is 0. The van der Waals surface area contributed by atoms with Gasteiger partial charge in [0, 0.05) is 5.56 Å². The molecule has 1 aliphatic rings. The molecule has 0 saturated carbocycles. The predicted molar refractivity (Wildman–Crippen MR) is 99.8 cm³/mol. The summed E-state index contributed by atoms with van der Waals surface area (Å²) in [6.45, 7) is 0.643. The van der Waals surface area contributed by atoms with E-state index in [9.17, 15) is 18.0 Å². The van der Waals surface area contributed by atoms with E-state index >= 15 is 0 Å². The first kappa shape index (κ1) is 21.4. The van der Waals surface area contributed by atoms with E-state index in [0.29, 0.717) is 18.1 Å². The molecule has 1 unspecified atom stereocenters. The Bertz CT molecular complexity index is 906. The first-order valence-corrected chi connectivity index (χ1v) is 8.85. The molecule has 1 N–H and O–H groups in total. The number of nitrogens with one attached hydrogen (secondary N) is 1. The van der Waals surface area contributed by atoms with Gasteiger partial charge in [0.15, 0.2) is 29.0 Å². The van der Waals surface area contributed by atoms with Crippen molar-refractivity contribution < 1.29 is 41.7 Å². The molecule has 0 radical (unpaired) electrons. The molecule has 0 spiro atoms. The van der Waals surface area contributed by atoms with Gasteiger partial charge in [0.05, 0.1) is 21.3 Å². The molecule has 1 heterocycles. The molecule has 0 fully saturated rings. The lowest BCUT2D eigenvalue weighted by atomic mass is 10.0. The second kappa shape index (κ2) is 8.60. The van der Waals surface area contributed by atoms with E-state index < -0.39 is 18.1 Å². The second-order valence-electron chi connectivity index (χ2n) is 6.27. The maximum atomic E-state index is 13.8. The van der Waals surface area contributed by atoms with Gasteiger partial charge in [-0.25, -0.2) is 0 Å². The second-order valence-corrected chi connectivity index (χ2v) is 6.27. The van der Waals surface area contributed by atoms with Gasteiger partial charge in [-0.3, -0.25) is 4.79 Å². The van der Waals surface area contributed by atoms with Gasteiger partial charge in [-0.15, -0.1) is 0 Å². The van der Waals surface area contributed by atoms with Crippen molar-refractivity contribution in [1.29, 1.82) is 0 Å². The minimum absolute atomic E-state index is 0.000872. The minimum atomic E-state index is -4.78. The Labute approximate surface area is 170 Å². The highest BCUT2D eigenvalue weighted by molar-refractivity contribution is 5.95. The van der Waals surface area contributed by atoms with Gasteiger partial charge in [0.2, 0.25) is 5.75 Å². The highest BCUT2D eigenvalue weighted by Crippen LogP contribution is 2.43. The van der Waals surface area contributed by atoms with Gasteiger partial charge in [-0.05, 0) is 35.9 Å². The van der Waals surface area contributed by atoms with Crippen molar-refractivity contribution >= 4 is 5.91 Å². The standard InChI is InChI=1S/C20H20F3NO6/c1-26-15-9-12(10-16(27-2)17(15)28-3)18(20(21,22)23)24-19(25)11-4-5-13-14(8-11)30-7-6-29-13/h4-5,8-10,18H,6-7H2,1-3H3,(H,24,25). The lowest BCUT2D eigenvalue weighted by Gasteiger charge is -2.24. The van der Waals surface area contributed by atoms with Crippen molar-refractivity contribution in [3.8, 4) is 28.7 Å². The number of hydrogen-bond donors (Lipinski definition) is 1. The van der Waals surface area contributed by atoms with E-state index in [-0.39, 0.29) is 35.0 Å². The zero-order chi connectivity index (χ0) is 21.9. The number of amides is 1. The minimum Gasteiger partial charge on any atom is -0.493 e. The summed E-state index contributed by atoms with van der Waals surface area (Å²) in [4.78, 5) is 12.6. The number of alkyl halides is 3. The molecule has 162 valence electrons. The van der Waals surface area contributed by atoms with E-state index in [1.54, 1.807) is 0 Å². The number of carbonyl (C=O) groups excluding carboxylic acids is 1. The molecule has 30 heavy (non-hydrogen) atoms. The fraction of sp³-hybridized carbons (Fsp3) is 0.350. The predicted octanol–water partition coefficient (Wildman–Crippen LogP) is 3.52. The number of fused-ring (bicyclic) bond motifs is 1. The first-order valence-electron chi connectivity index (χ1n) is 8.85. The van der Waals surface area contributed by atoms with Crippen molar-refractivity contribution in [2.75, 3.05) is 34.5 Å². The fourth-order valence-electron chi connectivity index (χ4n) is 3.02. The molecule has 0 aromatic heterocycles. The van der Waals surface area contributed by atoms with Crippen molar-refractivity contribution in [2.24, 2.45) is 0 Å². The molecule has 1 atom stereocenters. The third-order valence-electron chi connectivity index (χ3n) is 4.43. The largest absolute Gasteiger partial charge is 0.493 e. The number of ether oxygens (including phenoxy) is 5. The summed E-state index contributed by atoms with van der Waals surface area (Å²) in [6, 6.07) is 4.16. The van der Waals surface area contributed by atoms with E-state index in [0.717, 1.165) is 12.1 Å². The summed E-state index contributed by atoms with van der Waals surface area (Å²) in [7, 11) is 3.92. The Hall–Kier alpha value is -3.30. The fourth-order valence-corrected chi connectivity index (χ4v) is 3.02. The molecule has 7 nitrogen and oxygen atoms in total. The summed E-state index contributed by atoms with van der Waals surface area (Å²) in [6.07, 6.45) is -4.78. The number of hydrogen-bond acceptors (Lipinski definition) is 6. The van der Waals surface area contributed by atoms with Gasteiger partial charge in [-0.1, -0.05) is 0 Å². The van der Waals surface area contributed by atoms with Crippen LogP contribution < -0.4 is 29.0 Å². The number of halogens is 3. The molecule has 1 aliphatic heterocycles. The Kier molecular flexibility index (Phi) is 6.14. The van der Waals surface area contributed by atoms with E-state index in [1.807, 2.05) is 5.32 Å². The maximum absolute atomic E-state index is 13.8. The summed E-state index contributed by atoms with van der Waals surface area (Å²) < 4.78 is 67.6. The Balaban J connectivity index is 1.95. The lowest BCUT2D eigenvalue weighted by Crippen LogP contribution is -2.38. The Morgan fingerprint density at radius 2 is 1.57 bits per heavy atom. The summed E-state index contributed by atoms with van der Waals surface area (Å²) in [5, 5.41) is 2.02. The van der Waals surface area contributed by atoms with Crippen LogP contribution >= 0.6 is 0 Å². The first-order chi connectivity index (χ1) is 14.3. The summed E-state index contributed by atoms with van der Waals surface area (Å²) in [5.41, 5.74) is -0.274. The Morgan fingerprint density at radius 1 is 0.967 bits per heavy atom. The average Bonchev–Trinajstić information content (AvgIpc) is 2.74. The quantitative estimate of drug-likeness (QED) is 0.761. The van der Waals surface area contributed by atoms with Gasteiger partial charge in [0.25, 0.3) is 5.91 Å². The highest BCUT2D eigenvalue weighted by atomic mass is 19.4. The van der Waals surface area contributed by atoms with Crippen LogP contribution in [0.3, 0.4) is 0 Å². The van der Waals surface area contributed by atoms with Crippen LogP contribution in [0.25, 0.3) is 0 Å². The van der Waals surface area contributed by atoms with Crippen LogP contribution in [0.1, 0.15) is 22.0 Å². The molecule has 0 bridgehead atoms. The van der Waals surface area contributed by atoms with E-state index in [1.165, 1.54) is 39.5 Å². The van der Waals surface area contributed by atoms with Crippen LogP contribution in [-0.4, -0.2) is 46.6 Å². The van der Waals surface area contributed by atoms with Gasteiger partial charge >= 0.3 is 6.18 Å². The van der Waals surface area contributed by atoms with Gasteiger partial charge < -0.3 is 29.0 Å². The number of benzene rings is 2. The zero-order valence-electron chi connectivity index (χ0n) is 16.5. The number of carbonyl (C=O) groups is 1. The molecule has 0 aliphatic carbocycles. The SMILES string of the molecule is COc1cc(C(NC(=O)c2ccc3c(c2)OCCO3)C(F)(F)F)cc(OC)c1OC. The van der Waals surface area contributed by atoms with E-state index in [2.05, 4.69) is 0 Å². The lowest BCUT2D eigenvalue weighted by molar-refractivity contribution is -0.155. The van der Waals surface area contributed by atoms with Crippen molar-refractivity contribution in [1.82, 2.24) is 5.32 Å². The normalized spacial score (nSPS) is 13.9. The number of rotatable bonds is 6. The molecule has 2 aromatic rings. The molecular formula is C20H20F3NO6. The van der Waals surface area contributed by atoms with Crippen LogP contribution in [0, 0.1) is 0 Å². The van der Waals surface area contributed by atoms with Crippen LogP contribution in [-0.2, 0) is 0 Å². The highest BCUT2D eigenvalue weighted by Gasteiger charge is 2.43. The molecular weight excluding hydrogens is 407 g/mol. The summed E-state index contributed by atoms with van der Waals surface area (Å²) in [5.74, 6) is 0.00953. The number of methoxy groups -OCH3 is 3. The zero-order valence-corrected chi connectivity index (χ0v) is 16.5. The van der Waals surface area contributed by atoms with Crippen molar-refractivity contribution in [3.63, 3.8) is 0 Å². The average molecular weight is 427 g/mol.